The first-order valence-electron chi connectivity index (χ1n) is 5.35. The fourth-order valence-corrected chi connectivity index (χ4v) is 1.78. The van der Waals surface area contributed by atoms with Gasteiger partial charge in [-0.05, 0) is 22.4 Å². The number of hydrogen-bond donors (Lipinski definition) is 3. The summed E-state index contributed by atoms with van der Waals surface area (Å²) in [5, 5.41) is 11.9. The Morgan fingerprint density at radius 1 is 1.06 bits per heavy atom. The number of rotatable bonds is 3. The lowest BCUT2D eigenvalue weighted by molar-refractivity contribution is 0.153. The van der Waals surface area contributed by atoms with Crippen LogP contribution in [0.15, 0.2) is 42.5 Å². The van der Waals surface area contributed by atoms with Crippen LogP contribution >= 0.6 is 0 Å². The highest BCUT2D eigenvalue weighted by molar-refractivity contribution is 5.83. The minimum atomic E-state index is -0.693. The lowest BCUT2D eigenvalue weighted by Gasteiger charge is -2.17. The summed E-state index contributed by atoms with van der Waals surface area (Å²) >= 11 is 0. The molecule has 0 spiro atoms. The van der Waals surface area contributed by atoms with Gasteiger partial charge in [0.1, 0.15) is 0 Å². The zero-order chi connectivity index (χ0) is 11.5. The van der Waals surface area contributed by atoms with E-state index in [0.717, 1.165) is 10.9 Å². The average Bonchev–Trinajstić information content (AvgIpc) is 2.36. The van der Waals surface area contributed by atoms with E-state index in [0.29, 0.717) is 0 Å². The van der Waals surface area contributed by atoms with E-state index in [1.807, 2.05) is 42.5 Å². The van der Waals surface area contributed by atoms with Crippen LogP contribution in [0.25, 0.3) is 10.8 Å². The molecule has 0 radical (unpaired) electrons. The minimum Gasteiger partial charge on any atom is -0.390 e. The summed E-state index contributed by atoms with van der Waals surface area (Å²) < 4.78 is 0. The van der Waals surface area contributed by atoms with Crippen molar-refractivity contribution in [1.29, 1.82) is 0 Å². The van der Waals surface area contributed by atoms with Crippen LogP contribution in [-0.2, 0) is 0 Å². The van der Waals surface area contributed by atoms with Gasteiger partial charge in [-0.2, -0.15) is 0 Å². The Bertz CT molecular complexity index is 484. The lowest BCUT2D eigenvalue weighted by Crippen LogP contribution is -2.32. The largest absolute Gasteiger partial charge is 0.390 e. The molecule has 3 heteroatoms. The lowest BCUT2D eigenvalue weighted by atomic mass is 9.99. The molecule has 0 aromatic heterocycles. The number of aliphatic hydroxyl groups is 1. The van der Waals surface area contributed by atoms with E-state index >= 15 is 0 Å². The topological polar surface area (TPSA) is 72.3 Å². The number of fused-ring (bicyclic) bond motifs is 1. The van der Waals surface area contributed by atoms with Crippen LogP contribution in [0.5, 0.6) is 0 Å². The molecule has 2 unspecified atom stereocenters. The second-order valence-electron chi connectivity index (χ2n) is 3.94. The van der Waals surface area contributed by atoms with Gasteiger partial charge in [0.15, 0.2) is 0 Å². The third kappa shape index (κ3) is 2.07. The Hall–Kier alpha value is -1.42. The SMILES string of the molecule is NCC(O)C(N)c1ccc2ccccc2c1. The summed E-state index contributed by atoms with van der Waals surface area (Å²) in [5.74, 6) is 0. The van der Waals surface area contributed by atoms with Crippen LogP contribution in [0.3, 0.4) is 0 Å². The molecule has 2 rings (SSSR count). The molecule has 0 aliphatic rings. The Morgan fingerprint density at radius 3 is 2.44 bits per heavy atom. The van der Waals surface area contributed by atoms with Crippen molar-refractivity contribution in [3.05, 3.63) is 48.0 Å². The molecule has 0 heterocycles. The number of hydrogen-bond acceptors (Lipinski definition) is 3. The zero-order valence-electron chi connectivity index (χ0n) is 9.01. The Balaban J connectivity index is 2.39. The zero-order valence-corrected chi connectivity index (χ0v) is 9.01. The quantitative estimate of drug-likeness (QED) is 0.721. The highest BCUT2D eigenvalue weighted by Crippen LogP contribution is 2.20. The van der Waals surface area contributed by atoms with Crippen molar-refractivity contribution in [2.45, 2.75) is 12.1 Å². The first-order valence-corrected chi connectivity index (χ1v) is 5.35. The summed E-state index contributed by atoms with van der Waals surface area (Å²) in [7, 11) is 0. The van der Waals surface area contributed by atoms with E-state index in [1.54, 1.807) is 0 Å². The number of aliphatic hydroxyl groups excluding tert-OH is 1. The van der Waals surface area contributed by atoms with Crippen LogP contribution in [0.4, 0.5) is 0 Å². The maximum absolute atomic E-state index is 9.60. The van der Waals surface area contributed by atoms with Crippen molar-refractivity contribution in [2.75, 3.05) is 6.54 Å². The highest BCUT2D eigenvalue weighted by Gasteiger charge is 2.14. The summed E-state index contributed by atoms with van der Waals surface area (Å²) in [6.07, 6.45) is -0.693. The van der Waals surface area contributed by atoms with Gasteiger partial charge in [0.2, 0.25) is 0 Å². The maximum atomic E-state index is 9.60. The highest BCUT2D eigenvalue weighted by atomic mass is 16.3. The average molecular weight is 216 g/mol. The van der Waals surface area contributed by atoms with Gasteiger partial charge in [-0.1, -0.05) is 36.4 Å². The van der Waals surface area contributed by atoms with Gasteiger partial charge in [-0.3, -0.25) is 0 Å². The van der Waals surface area contributed by atoms with Gasteiger partial charge in [-0.25, -0.2) is 0 Å². The van der Waals surface area contributed by atoms with E-state index in [2.05, 4.69) is 0 Å². The predicted molar refractivity (Wildman–Crippen MR) is 65.9 cm³/mol. The van der Waals surface area contributed by atoms with Gasteiger partial charge in [0.25, 0.3) is 0 Å². The molecule has 3 nitrogen and oxygen atoms in total. The van der Waals surface area contributed by atoms with Crippen molar-refractivity contribution < 1.29 is 5.11 Å². The summed E-state index contributed by atoms with van der Waals surface area (Å²) in [6.45, 7) is 0.175. The van der Waals surface area contributed by atoms with Crippen LogP contribution in [-0.4, -0.2) is 17.8 Å². The third-order valence-corrected chi connectivity index (χ3v) is 2.81. The van der Waals surface area contributed by atoms with Crippen molar-refractivity contribution in [1.82, 2.24) is 0 Å². The van der Waals surface area contributed by atoms with Crippen LogP contribution in [0.1, 0.15) is 11.6 Å². The van der Waals surface area contributed by atoms with Crippen molar-refractivity contribution in [3.63, 3.8) is 0 Å². The predicted octanol–water partition coefficient (Wildman–Crippen LogP) is 1.16. The third-order valence-electron chi connectivity index (χ3n) is 2.81. The summed E-state index contributed by atoms with van der Waals surface area (Å²) in [4.78, 5) is 0. The first kappa shape index (κ1) is 11.1. The van der Waals surface area contributed by atoms with Crippen molar-refractivity contribution in [3.8, 4) is 0 Å². The Morgan fingerprint density at radius 2 is 1.75 bits per heavy atom. The molecule has 0 amide bonds. The smallest absolute Gasteiger partial charge is 0.0854 e. The monoisotopic (exact) mass is 216 g/mol. The standard InChI is InChI=1S/C13H16N2O/c14-8-12(16)13(15)11-6-5-9-3-1-2-4-10(9)7-11/h1-7,12-13,16H,8,14-15H2. The van der Waals surface area contributed by atoms with Gasteiger partial charge < -0.3 is 16.6 Å². The Labute approximate surface area is 94.7 Å². The second kappa shape index (κ2) is 4.61. The molecule has 0 fully saturated rings. The molecule has 0 aliphatic carbocycles. The van der Waals surface area contributed by atoms with Crippen LogP contribution < -0.4 is 11.5 Å². The van der Waals surface area contributed by atoms with E-state index in [-0.39, 0.29) is 6.54 Å². The van der Waals surface area contributed by atoms with Gasteiger partial charge in [-0.15, -0.1) is 0 Å². The van der Waals surface area contributed by atoms with E-state index in [9.17, 15) is 5.11 Å². The van der Waals surface area contributed by atoms with Crippen LogP contribution in [0.2, 0.25) is 0 Å². The second-order valence-corrected chi connectivity index (χ2v) is 3.94. The molecule has 16 heavy (non-hydrogen) atoms. The fourth-order valence-electron chi connectivity index (χ4n) is 1.78. The van der Waals surface area contributed by atoms with Gasteiger partial charge in [0.05, 0.1) is 12.1 Å². The molecule has 5 N–H and O–H groups in total. The van der Waals surface area contributed by atoms with E-state index in [1.165, 1.54) is 5.39 Å². The van der Waals surface area contributed by atoms with E-state index < -0.39 is 12.1 Å². The van der Waals surface area contributed by atoms with E-state index in [4.69, 9.17) is 11.5 Å². The summed E-state index contributed by atoms with van der Waals surface area (Å²) in [6, 6.07) is 13.6. The Kier molecular flexibility index (Phi) is 3.19. The normalized spacial score (nSPS) is 14.9. The first-order chi connectivity index (χ1) is 7.72. The van der Waals surface area contributed by atoms with Crippen LogP contribution in [0, 0.1) is 0 Å². The molecular weight excluding hydrogens is 200 g/mol. The molecule has 0 aliphatic heterocycles. The molecular formula is C13H16N2O. The fraction of sp³-hybridized carbons (Fsp3) is 0.231. The molecule has 2 aromatic rings. The number of nitrogens with two attached hydrogens (primary N) is 2. The molecule has 2 atom stereocenters. The molecule has 0 saturated carbocycles. The van der Waals surface area contributed by atoms with Crippen molar-refractivity contribution in [2.24, 2.45) is 11.5 Å². The van der Waals surface area contributed by atoms with Crippen molar-refractivity contribution >= 4 is 10.8 Å². The minimum absolute atomic E-state index is 0.175. The van der Waals surface area contributed by atoms with Gasteiger partial charge in [0, 0.05) is 6.54 Å². The number of benzene rings is 2. The maximum Gasteiger partial charge on any atom is 0.0854 e. The molecule has 0 saturated heterocycles. The molecule has 0 bridgehead atoms. The molecule has 2 aromatic carbocycles. The molecule has 84 valence electrons. The van der Waals surface area contributed by atoms with Gasteiger partial charge >= 0.3 is 0 Å². The summed E-state index contributed by atoms with van der Waals surface area (Å²) in [5.41, 5.74) is 12.2.